The Morgan fingerprint density at radius 3 is 2.30 bits per heavy atom. The summed E-state index contributed by atoms with van der Waals surface area (Å²) in [6, 6.07) is 21.0. The van der Waals surface area contributed by atoms with Gasteiger partial charge in [0.25, 0.3) is 0 Å². The molecule has 1 heterocycles. The van der Waals surface area contributed by atoms with Crippen molar-refractivity contribution in [2.24, 2.45) is 0 Å². The quantitative estimate of drug-likeness (QED) is 0.0785. The lowest BCUT2D eigenvalue weighted by Gasteiger charge is -2.25. The first-order valence-corrected chi connectivity index (χ1v) is 16.4. The van der Waals surface area contributed by atoms with E-state index in [1.54, 1.807) is 36.2 Å². The standard InChI is InChI=1S/C38H46FN3O4/c1-5-7-9-13-16-34(38(45)41(4)23-8-6-2)40-36(44)25-33-32-24-31(46-27(3)43)21-22-35(32)42(26-28-14-11-10-12-15-28)37(33)29-17-19-30(39)20-18-29/h10-12,14-15,17-22,24,34H,5-9,13,16,23,25-26H2,1-4H3,(H,40,44). The molecule has 0 radical (unpaired) electrons. The second kappa shape index (κ2) is 16.7. The van der Waals surface area contributed by atoms with Crippen molar-refractivity contribution >= 4 is 28.7 Å². The van der Waals surface area contributed by atoms with Crippen LogP contribution in [-0.2, 0) is 27.3 Å². The molecule has 244 valence electrons. The molecule has 0 aliphatic heterocycles. The highest BCUT2D eigenvalue weighted by Gasteiger charge is 2.26. The fourth-order valence-electron chi connectivity index (χ4n) is 5.89. The number of aromatic nitrogens is 1. The summed E-state index contributed by atoms with van der Waals surface area (Å²) in [4.78, 5) is 41.0. The maximum atomic E-state index is 14.1. The Kier molecular flexibility index (Phi) is 12.5. The number of amides is 2. The van der Waals surface area contributed by atoms with Crippen LogP contribution in [0.3, 0.4) is 0 Å². The van der Waals surface area contributed by atoms with E-state index in [0.29, 0.717) is 30.8 Å². The van der Waals surface area contributed by atoms with Crippen LogP contribution in [0.15, 0.2) is 72.8 Å². The van der Waals surface area contributed by atoms with Gasteiger partial charge in [0.15, 0.2) is 0 Å². The molecular formula is C38H46FN3O4. The number of esters is 1. The number of fused-ring (bicyclic) bond motifs is 1. The van der Waals surface area contributed by atoms with E-state index in [0.717, 1.165) is 66.2 Å². The summed E-state index contributed by atoms with van der Waals surface area (Å²) < 4.78 is 21.7. The Bertz CT molecular complexity index is 1610. The van der Waals surface area contributed by atoms with E-state index in [1.165, 1.54) is 19.1 Å². The minimum atomic E-state index is -0.630. The smallest absolute Gasteiger partial charge is 0.308 e. The first-order chi connectivity index (χ1) is 22.2. The Morgan fingerprint density at radius 2 is 1.63 bits per heavy atom. The molecule has 4 rings (SSSR count). The number of nitrogens with zero attached hydrogens (tertiary/aromatic N) is 2. The highest BCUT2D eigenvalue weighted by Crippen LogP contribution is 2.37. The molecule has 0 saturated carbocycles. The molecule has 8 heteroatoms. The molecule has 0 fully saturated rings. The van der Waals surface area contributed by atoms with Gasteiger partial charge in [-0.2, -0.15) is 0 Å². The summed E-state index contributed by atoms with van der Waals surface area (Å²) in [5, 5.41) is 3.82. The molecule has 2 amide bonds. The maximum Gasteiger partial charge on any atom is 0.308 e. The molecule has 0 saturated heterocycles. The summed E-state index contributed by atoms with van der Waals surface area (Å²) >= 11 is 0. The molecule has 1 unspecified atom stereocenters. The van der Waals surface area contributed by atoms with Gasteiger partial charge in [0.2, 0.25) is 11.8 Å². The maximum absolute atomic E-state index is 14.1. The Morgan fingerprint density at radius 1 is 0.913 bits per heavy atom. The van der Waals surface area contributed by atoms with Gasteiger partial charge in [-0.25, -0.2) is 4.39 Å². The van der Waals surface area contributed by atoms with Crippen molar-refractivity contribution in [3.8, 4) is 17.0 Å². The largest absolute Gasteiger partial charge is 0.427 e. The van der Waals surface area contributed by atoms with Crippen LogP contribution in [0.5, 0.6) is 5.75 Å². The number of rotatable bonds is 16. The van der Waals surface area contributed by atoms with Gasteiger partial charge in [-0.05, 0) is 72.0 Å². The van der Waals surface area contributed by atoms with Gasteiger partial charge in [-0.3, -0.25) is 14.4 Å². The molecule has 1 atom stereocenters. The number of carbonyl (C=O) groups is 3. The lowest BCUT2D eigenvalue weighted by atomic mass is 10.0. The van der Waals surface area contributed by atoms with Gasteiger partial charge >= 0.3 is 5.97 Å². The highest BCUT2D eigenvalue weighted by atomic mass is 19.1. The Hall–Kier alpha value is -4.46. The number of carbonyl (C=O) groups excluding carboxylic acids is 3. The molecule has 3 aromatic carbocycles. The van der Waals surface area contributed by atoms with Crippen molar-refractivity contribution in [2.75, 3.05) is 13.6 Å². The molecule has 1 N–H and O–H groups in total. The van der Waals surface area contributed by atoms with E-state index in [4.69, 9.17) is 4.74 Å². The van der Waals surface area contributed by atoms with E-state index in [1.807, 2.05) is 36.4 Å². The third-order valence-corrected chi connectivity index (χ3v) is 8.24. The van der Waals surface area contributed by atoms with Crippen molar-refractivity contribution in [2.45, 2.75) is 84.7 Å². The number of halogens is 1. The van der Waals surface area contributed by atoms with Crippen molar-refractivity contribution in [1.82, 2.24) is 14.8 Å². The molecule has 1 aromatic heterocycles. The van der Waals surface area contributed by atoms with Crippen LogP contribution in [0.2, 0.25) is 0 Å². The van der Waals surface area contributed by atoms with Gasteiger partial charge in [-0.15, -0.1) is 0 Å². The van der Waals surface area contributed by atoms with E-state index in [2.05, 4.69) is 23.7 Å². The van der Waals surface area contributed by atoms with Gasteiger partial charge in [0, 0.05) is 38.0 Å². The van der Waals surface area contributed by atoms with E-state index in [9.17, 15) is 18.8 Å². The molecule has 0 bridgehead atoms. The fraction of sp³-hybridized carbons (Fsp3) is 0.395. The average molecular weight is 628 g/mol. The summed E-state index contributed by atoms with van der Waals surface area (Å²) in [6.45, 7) is 6.71. The third kappa shape index (κ3) is 9.05. The topological polar surface area (TPSA) is 80.6 Å². The zero-order chi connectivity index (χ0) is 33.1. The highest BCUT2D eigenvalue weighted by molar-refractivity contribution is 5.98. The normalized spacial score (nSPS) is 11.8. The Labute approximate surface area is 271 Å². The molecule has 0 aliphatic carbocycles. The molecule has 4 aromatic rings. The number of likely N-dealkylation sites (N-methyl/N-ethyl adjacent to an activating group) is 1. The zero-order valence-corrected chi connectivity index (χ0v) is 27.5. The summed E-state index contributed by atoms with van der Waals surface area (Å²) in [6.07, 6.45) is 6.41. The number of ether oxygens (including phenoxy) is 1. The molecule has 0 spiro atoms. The number of benzene rings is 3. The number of hydrogen-bond acceptors (Lipinski definition) is 4. The van der Waals surface area contributed by atoms with Crippen LogP contribution in [-0.4, -0.2) is 46.9 Å². The summed E-state index contributed by atoms with van der Waals surface area (Å²) in [5.41, 5.74) is 4.11. The van der Waals surface area contributed by atoms with Gasteiger partial charge < -0.3 is 19.5 Å². The van der Waals surface area contributed by atoms with Gasteiger partial charge in [-0.1, -0.05) is 76.3 Å². The number of hydrogen-bond donors (Lipinski definition) is 1. The average Bonchev–Trinajstić information content (AvgIpc) is 3.32. The second-order valence-electron chi connectivity index (χ2n) is 11.9. The van der Waals surface area contributed by atoms with Crippen LogP contribution < -0.4 is 10.1 Å². The first kappa shape index (κ1) is 34.4. The summed E-state index contributed by atoms with van der Waals surface area (Å²) in [5.74, 6) is -0.801. The van der Waals surface area contributed by atoms with Crippen LogP contribution in [0, 0.1) is 5.82 Å². The zero-order valence-electron chi connectivity index (χ0n) is 27.5. The minimum absolute atomic E-state index is 0.0219. The van der Waals surface area contributed by atoms with Crippen molar-refractivity contribution in [1.29, 1.82) is 0 Å². The SMILES string of the molecule is CCCCCCC(NC(=O)Cc1c(-c2ccc(F)cc2)n(Cc2ccccc2)c2ccc(OC(C)=O)cc12)C(=O)N(C)CCCC. The van der Waals surface area contributed by atoms with Crippen LogP contribution in [0.1, 0.15) is 76.8 Å². The third-order valence-electron chi connectivity index (χ3n) is 8.24. The monoisotopic (exact) mass is 627 g/mol. The van der Waals surface area contributed by atoms with Crippen molar-refractivity contribution < 1.29 is 23.5 Å². The minimum Gasteiger partial charge on any atom is -0.427 e. The van der Waals surface area contributed by atoms with E-state index in [-0.39, 0.29) is 24.1 Å². The van der Waals surface area contributed by atoms with E-state index >= 15 is 0 Å². The van der Waals surface area contributed by atoms with Gasteiger partial charge in [0.05, 0.1) is 12.1 Å². The Balaban J connectivity index is 1.78. The molecule has 7 nitrogen and oxygen atoms in total. The lowest BCUT2D eigenvalue weighted by Crippen LogP contribution is -2.48. The van der Waals surface area contributed by atoms with Crippen LogP contribution in [0.25, 0.3) is 22.2 Å². The van der Waals surface area contributed by atoms with Crippen LogP contribution >= 0.6 is 0 Å². The lowest BCUT2D eigenvalue weighted by molar-refractivity contribution is -0.135. The van der Waals surface area contributed by atoms with Gasteiger partial charge in [0.1, 0.15) is 17.6 Å². The number of unbranched alkanes of at least 4 members (excludes halogenated alkanes) is 4. The van der Waals surface area contributed by atoms with Crippen LogP contribution in [0.4, 0.5) is 4.39 Å². The number of nitrogens with one attached hydrogen (secondary N) is 1. The predicted octanol–water partition coefficient (Wildman–Crippen LogP) is 7.68. The van der Waals surface area contributed by atoms with Crippen molar-refractivity contribution in [3.63, 3.8) is 0 Å². The molecule has 46 heavy (non-hydrogen) atoms. The second-order valence-corrected chi connectivity index (χ2v) is 11.9. The molecule has 0 aliphatic rings. The van der Waals surface area contributed by atoms with Crippen molar-refractivity contribution in [3.05, 3.63) is 89.7 Å². The summed E-state index contributed by atoms with van der Waals surface area (Å²) in [7, 11) is 1.80. The fourth-order valence-corrected chi connectivity index (χ4v) is 5.89. The first-order valence-electron chi connectivity index (χ1n) is 16.4. The van der Waals surface area contributed by atoms with E-state index < -0.39 is 12.0 Å². The predicted molar refractivity (Wildman–Crippen MR) is 181 cm³/mol. The molecular weight excluding hydrogens is 581 g/mol.